The van der Waals surface area contributed by atoms with Crippen LogP contribution in [0.5, 0.6) is 5.75 Å². The summed E-state index contributed by atoms with van der Waals surface area (Å²) in [5.41, 5.74) is 2.00. The van der Waals surface area contributed by atoms with E-state index in [1.54, 1.807) is 18.4 Å². The van der Waals surface area contributed by atoms with Crippen LogP contribution in [-0.2, 0) is 0 Å². The van der Waals surface area contributed by atoms with Crippen LogP contribution >= 0.6 is 33.9 Å². The number of benzene rings is 1. The molecule has 1 unspecified atom stereocenters. The first-order valence-electron chi connectivity index (χ1n) is 6.88. The zero-order chi connectivity index (χ0) is 14.8. The third kappa shape index (κ3) is 3.08. The van der Waals surface area contributed by atoms with E-state index < -0.39 is 0 Å². The lowest BCUT2D eigenvalue weighted by Gasteiger charge is -2.25. The van der Waals surface area contributed by atoms with Crippen LogP contribution in [0, 0.1) is 2.88 Å². The van der Waals surface area contributed by atoms with Crippen molar-refractivity contribution >= 4 is 39.8 Å². The number of halogens is 1. The van der Waals surface area contributed by atoms with Gasteiger partial charge >= 0.3 is 0 Å². The van der Waals surface area contributed by atoms with Crippen LogP contribution in [0.15, 0.2) is 35.7 Å². The van der Waals surface area contributed by atoms with Gasteiger partial charge in [-0.2, -0.15) is 0 Å². The number of methoxy groups -OCH3 is 1. The van der Waals surface area contributed by atoms with Crippen molar-refractivity contribution in [3.05, 3.63) is 49.7 Å². The first-order chi connectivity index (χ1) is 10.2. The maximum Gasteiger partial charge on any atom is 0.255 e. The van der Waals surface area contributed by atoms with Gasteiger partial charge in [-0.05, 0) is 59.2 Å². The summed E-state index contributed by atoms with van der Waals surface area (Å²) < 4.78 is 6.35. The molecular weight excluding hydrogens is 397 g/mol. The molecule has 21 heavy (non-hydrogen) atoms. The van der Waals surface area contributed by atoms with Gasteiger partial charge in [-0.1, -0.05) is 12.1 Å². The van der Waals surface area contributed by atoms with Crippen molar-refractivity contribution in [3.8, 4) is 5.75 Å². The zero-order valence-electron chi connectivity index (χ0n) is 11.7. The lowest BCUT2D eigenvalue weighted by atomic mass is 10.0. The number of likely N-dealkylation sites (tertiary alicyclic amines) is 1. The molecule has 0 N–H and O–H groups in total. The normalized spacial score (nSPS) is 18.0. The average Bonchev–Trinajstić information content (AvgIpc) is 3.15. The van der Waals surface area contributed by atoms with Gasteiger partial charge in [0, 0.05) is 11.9 Å². The number of hydrogen-bond acceptors (Lipinski definition) is 3. The third-order valence-corrected chi connectivity index (χ3v) is 5.62. The van der Waals surface area contributed by atoms with Crippen LogP contribution < -0.4 is 4.74 Å². The molecule has 110 valence electrons. The second kappa shape index (κ2) is 6.36. The molecule has 1 aliphatic rings. The van der Waals surface area contributed by atoms with Gasteiger partial charge in [-0.15, -0.1) is 11.3 Å². The molecule has 1 aliphatic heterocycles. The molecule has 2 aromatic rings. The van der Waals surface area contributed by atoms with E-state index >= 15 is 0 Å². The molecule has 1 atom stereocenters. The van der Waals surface area contributed by atoms with E-state index in [0.29, 0.717) is 0 Å². The Bertz CT molecular complexity index is 638. The minimum absolute atomic E-state index is 0.146. The number of hydrogen-bond donors (Lipinski definition) is 0. The first kappa shape index (κ1) is 14.8. The van der Waals surface area contributed by atoms with Gasteiger partial charge in [0.2, 0.25) is 0 Å². The van der Waals surface area contributed by atoms with E-state index in [9.17, 15) is 4.79 Å². The molecule has 0 spiro atoms. The number of rotatable bonds is 3. The van der Waals surface area contributed by atoms with Crippen molar-refractivity contribution in [2.24, 2.45) is 0 Å². The van der Waals surface area contributed by atoms with Gasteiger partial charge < -0.3 is 9.64 Å². The molecule has 0 saturated carbocycles. The monoisotopic (exact) mass is 413 g/mol. The number of amides is 1. The summed E-state index contributed by atoms with van der Waals surface area (Å²) in [4.78, 5) is 14.7. The van der Waals surface area contributed by atoms with Gasteiger partial charge in [-0.25, -0.2) is 0 Å². The summed E-state index contributed by atoms with van der Waals surface area (Å²) >= 11 is 3.87. The molecule has 0 radical (unpaired) electrons. The highest BCUT2D eigenvalue weighted by Crippen LogP contribution is 2.34. The molecule has 1 fully saturated rings. The fourth-order valence-electron chi connectivity index (χ4n) is 2.77. The van der Waals surface area contributed by atoms with Crippen molar-refractivity contribution < 1.29 is 9.53 Å². The highest BCUT2D eigenvalue weighted by molar-refractivity contribution is 14.1. The van der Waals surface area contributed by atoms with E-state index in [4.69, 9.17) is 4.74 Å². The smallest absolute Gasteiger partial charge is 0.255 e. The fourth-order valence-corrected chi connectivity index (χ4v) is 4.09. The van der Waals surface area contributed by atoms with Gasteiger partial charge in [0.05, 0.1) is 21.6 Å². The van der Waals surface area contributed by atoms with Crippen LogP contribution in [0.3, 0.4) is 0 Å². The van der Waals surface area contributed by atoms with E-state index in [0.717, 1.165) is 33.6 Å². The molecule has 1 aromatic heterocycles. The molecule has 1 aromatic carbocycles. The summed E-state index contributed by atoms with van der Waals surface area (Å²) in [6.45, 7) is 0.835. The van der Waals surface area contributed by atoms with Crippen molar-refractivity contribution in [1.29, 1.82) is 0 Å². The highest BCUT2D eigenvalue weighted by Gasteiger charge is 2.30. The molecular formula is C16H16INO2S. The maximum atomic E-state index is 12.7. The third-order valence-electron chi connectivity index (χ3n) is 3.83. The second-order valence-electron chi connectivity index (χ2n) is 5.07. The highest BCUT2D eigenvalue weighted by atomic mass is 127. The molecule has 0 aliphatic carbocycles. The largest absolute Gasteiger partial charge is 0.497 e. The number of thiophene rings is 1. The molecule has 0 bridgehead atoms. The van der Waals surface area contributed by atoms with Crippen molar-refractivity contribution in [2.75, 3.05) is 13.7 Å². The summed E-state index contributed by atoms with van der Waals surface area (Å²) in [6.07, 6.45) is 2.09. The van der Waals surface area contributed by atoms with Crippen LogP contribution in [0.25, 0.3) is 0 Å². The van der Waals surface area contributed by atoms with E-state index in [2.05, 4.69) is 34.7 Å². The predicted molar refractivity (Wildman–Crippen MR) is 93.0 cm³/mol. The van der Waals surface area contributed by atoms with Crippen LogP contribution in [-0.4, -0.2) is 24.5 Å². The quantitative estimate of drug-likeness (QED) is 0.701. The zero-order valence-corrected chi connectivity index (χ0v) is 14.7. The first-order valence-corrected chi connectivity index (χ1v) is 8.84. The predicted octanol–water partition coefficient (Wildman–Crippen LogP) is 4.34. The van der Waals surface area contributed by atoms with Crippen molar-refractivity contribution in [3.63, 3.8) is 0 Å². The SMILES string of the molecule is COc1ccc(C2CCCN2C(=O)c2csc(I)c2)cc1. The Hall–Kier alpha value is -1.08. The van der Waals surface area contributed by atoms with Gasteiger partial charge in [0.15, 0.2) is 0 Å². The van der Waals surface area contributed by atoms with Crippen molar-refractivity contribution in [2.45, 2.75) is 18.9 Å². The summed E-state index contributed by atoms with van der Waals surface area (Å²) in [7, 11) is 1.67. The fraction of sp³-hybridized carbons (Fsp3) is 0.312. The average molecular weight is 413 g/mol. The topological polar surface area (TPSA) is 29.5 Å². The Morgan fingerprint density at radius 3 is 2.76 bits per heavy atom. The summed E-state index contributed by atoms with van der Waals surface area (Å²) in [5, 5.41) is 1.95. The number of carbonyl (C=O) groups excluding carboxylic acids is 1. The van der Waals surface area contributed by atoms with Crippen LogP contribution in [0.4, 0.5) is 0 Å². The number of carbonyl (C=O) groups is 1. The second-order valence-corrected chi connectivity index (χ2v) is 7.87. The van der Waals surface area contributed by atoms with E-state index in [1.165, 1.54) is 5.56 Å². The molecule has 3 rings (SSSR count). The van der Waals surface area contributed by atoms with Crippen molar-refractivity contribution in [1.82, 2.24) is 4.90 Å². The number of nitrogens with zero attached hydrogens (tertiary/aromatic N) is 1. The molecule has 1 amide bonds. The standard InChI is InChI=1S/C16H16INO2S/c1-20-13-6-4-11(5-7-13)14-3-2-8-18(14)16(19)12-9-15(17)21-10-12/h4-7,9-10,14H,2-3,8H2,1H3. The lowest BCUT2D eigenvalue weighted by Crippen LogP contribution is -2.30. The summed E-state index contributed by atoms with van der Waals surface area (Å²) in [5.74, 6) is 0.995. The minimum atomic E-state index is 0.146. The number of ether oxygens (including phenoxy) is 1. The van der Waals surface area contributed by atoms with Gasteiger partial charge in [0.25, 0.3) is 5.91 Å². The molecule has 1 saturated heterocycles. The molecule has 2 heterocycles. The van der Waals surface area contributed by atoms with Gasteiger partial charge in [-0.3, -0.25) is 4.79 Å². The molecule has 5 heteroatoms. The van der Waals surface area contributed by atoms with E-state index in [-0.39, 0.29) is 11.9 Å². The Morgan fingerprint density at radius 1 is 1.38 bits per heavy atom. The summed E-state index contributed by atoms with van der Waals surface area (Å²) in [6, 6.07) is 10.2. The Labute approximate surface area is 142 Å². The Morgan fingerprint density at radius 2 is 2.14 bits per heavy atom. The van der Waals surface area contributed by atoms with Crippen LogP contribution in [0.1, 0.15) is 34.8 Å². The van der Waals surface area contributed by atoms with E-state index in [1.807, 2.05) is 28.5 Å². The lowest BCUT2D eigenvalue weighted by molar-refractivity contribution is 0.0736. The maximum absolute atomic E-state index is 12.7. The Balaban J connectivity index is 1.83. The Kier molecular flexibility index (Phi) is 4.49. The van der Waals surface area contributed by atoms with Gasteiger partial charge in [0.1, 0.15) is 5.75 Å². The van der Waals surface area contributed by atoms with Crippen LogP contribution in [0.2, 0.25) is 0 Å². The minimum Gasteiger partial charge on any atom is -0.497 e. The molecule has 3 nitrogen and oxygen atoms in total.